The van der Waals surface area contributed by atoms with E-state index < -0.39 is 23.7 Å². The van der Waals surface area contributed by atoms with Crippen molar-refractivity contribution in [3.05, 3.63) is 81.9 Å². The number of ether oxygens (including phenoxy) is 2. The van der Waals surface area contributed by atoms with Crippen molar-refractivity contribution in [1.82, 2.24) is 4.98 Å². The molecule has 180 valence electrons. The third-order valence-electron chi connectivity index (χ3n) is 5.52. The van der Waals surface area contributed by atoms with Crippen LogP contribution in [0.25, 0.3) is 5.76 Å². The first-order valence-corrected chi connectivity index (χ1v) is 11.8. The van der Waals surface area contributed by atoms with Crippen LogP contribution in [0, 0.1) is 6.92 Å². The molecule has 1 amide bonds. The third-order valence-corrected chi connectivity index (χ3v) is 6.66. The smallest absolute Gasteiger partial charge is 0.350 e. The number of carbonyl (C=O) groups is 3. The number of aryl methyl sites for hydroxylation is 1. The number of rotatable bonds is 7. The number of esters is 1. The van der Waals surface area contributed by atoms with Crippen LogP contribution in [0.15, 0.2) is 60.2 Å². The van der Waals surface area contributed by atoms with E-state index in [4.69, 9.17) is 9.47 Å². The van der Waals surface area contributed by atoms with Crippen LogP contribution in [0.4, 0.5) is 5.13 Å². The minimum Gasteiger partial charge on any atom is -0.507 e. The highest BCUT2D eigenvalue weighted by atomic mass is 32.1. The van der Waals surface area contributed by atoms with E-state index in [0.717, 1.165) is 17.8 Å². The third kappa shape index (κ3) is 4.54. The molecule has 3 aromatic rings. The van der Waals surface area contributed by atoms with Crippen LogP contribution in [0.5, 0.6) is 5.75 Å². The Morgan fingerprint density at radius 3 is 2.43 bits per heavy atom. The average molecular weight is 493 g/mol. The molecule has 0 aliphatic carbocycles. The normalized spacial score (nSPS) is 17.0. The number of methoxy groups -OCH3 is 1. The minimum absolute atomic E-state index is 0.0594. The predicted octanol–water partition coefficient (Wildman–Crippen LogP) is 4.65. The monoisotopic (exact) mass is 492 g/mol. The molecule has 1 atom stereocenters. The molecule has 1 N–H and O–H groups in total. The van der Waals surface area contributed by atoms with E-state index in [1.165, 1.54) is 12.0 Å². The lowest BCUT2D eigenvalue weighted by Crippen LogP contribution is -2.29. The summed E-state index contributed by atoms with van der Waals surface area (Å²) in [4.78, 5) is 44.5. The van der Waals surface area contributed by atoms with Gasteiger partial charge in [-0.1, -0.05) is 60.7 Å². The molecule has 0 saturated carbocycles. The zero-order valence-electron chi connectivity index (χ0n) is 19.5. The Hall–Kier alpha value is -3.98. The summed E-state index contributed by atoms with van der Waals surface area (Å²) in [5, 5.41) is 11.3. The molecule has 9 heteroatoms. The van der Waals surface area contributed by atoms with Crippen LogP contribution in [0.1, 0.15) is 45.9 Å². The van der Waals surface area contributed by atoms with Gasteiger partial charge in [0.1, 0.15) is 16.4 Å². The van der Waals surface area contributed by atoms with E-state index in [2.05, 4.69) is 4.98 Å². The van der Waals surface area contributed by atoms with E-state index in [-0.39, 0.29) is 21.3 Å². The van der Waals surface area contributed by atoms with Crippen LogP contribution in [-0.2, 0) is 14.3 Å². The number of aliphatic hydroxyl groups excluding tert-OH is 1. The lowest BCUT2D eigenvalue weighted by Gasteiger charge is -2.23. The molecule has 0 radical (unpaired) electrons. The highest BCUT2D eigenvalue weighted by Crippen LogP contribution is 2.44. The highest BCUT2D eigenvalue weighted by molar-refractivity contribution is 7.17. The Balaban J connectivity index is 1.87. The number of Topliss-reactive ketones (excluding diaryl/α,β-unsaturated/α-hetero) is 1. The van der Waals surface area contributed by atoms with Crippen molar-refractivity contribution in [2.24, 2.45) is 0 Å². The second-order valence-electron chi connectivity index (χ2n) is 7.86. The van der Waals surface area contributed by atoms with Gasteiger partial charge in [0, 0.05) is 5.56 Å². The van der Waals surface area contributed by atoms with Gasteiger partial charge in [-0.2, -0.15) is 0 Å². The minimum atomic E-state index is -0.952. The van der Waals surface area contributed by atoms with Crippen LogP contribution in [0.3, 0.4) is 0 Å². The number of thiazole rings is 1. The summed E-state index contributed by atoms with van der Waals surface area (Å²) in [6.45, 7) is 4.19. The number of carbonyl (C=O) groups excluding carboxylic acids is 3. The van der Waals surface area contributed by atoms with E-state index in [1.54, 1.807) is 61.5 Å². The lowest BCUT2D eigenvalue weighted by molar-refractivity contribution is -0.132. The molecule has 1 fully saturated rings. The van der Waals surface area contributed by atoms with E-state index in [9.17, 15) is 19.5 Å². The molecule has 0 spiro atoms. The second kappa shape index (κ2) is 10.1. The van der Waals surface area contributed by atoms with Crippen molar-refractivity contribution < 1.29 is 29.0 Å². The molecule has 8 nitrogen and oxygen atoms in total. The van der Waals surface area contributed by atoms with Gasteiger partial charge in [0.05, 0.1) is 31.0 Å². The van der Waals surface area contributed by atoms with Crippen LogP contribution in [0.2, 0.25) is 0 Å². The molecule has 35 heavy (non-hydrogen) atoms. The first-order chi connectivity index (χ1) is 16.9. The number of aromatic nitrogens is 1. The summed E-state index contributed by atoms with van der Waals surface area (Å²) >= 11 is 0.956. The van der Waals surface area contributed by atoms with Crippen LogP contribution < -0.4 is 9.64 Å². The van der Waals surface area contributed by atoms with Crippen LogP contribution >= 0.6 is 11.3 Å². The number of amides is 1. The Kier molecular flexibility index (Phi) is 6.97. The summed E-state index contributed by atoms with van der Waals surface area (Å²) in [5.41, 5.74) is 1.31. The van der Waals surface area contributed by atoms with Crippen molar-refractivity contribution in [2.45, 2.75) is 26.3 Å². The fourth-order valence-electron chi connectivity index (χ4n) is 3.83. The first kappa shape index (κ1) is 24.2. The molecule has 4 rings (SSSR count). The quantitative estimate of drug-likeness (QED) is 0.221. The van der Waals surface area contributed by atoms with Gasteiger partial charge in [-0.15, -0.1) is 0 Å². The average Bonchev–Trinajstić information content (AvgIpc) is 3.39. The van der Waals surface area contributed by atoms with Crippen molar-refractivity contribution in [3.8, 4) is 5.75 Å². The number of ketones is 1. The van der Waals surface area contributed by atoms with Gasteiger partial charge in [0.25, 0.3) is 5.78 Å². The zero-order chi connectivity index (χ0) is 25.1. The second-order valence-corrected chi connectivity index (χ2v) is 8.83. The molecular formula is C26H24N2O6S. The maximum atomic E-state index is 13.3. The van der Waals surface area contributed by atoms with E-state index in [0.29, 0.717) is 29.2 Å². The predicted molar refractivity (Wildman–Crippen MR) is 132 cm³/mol. The van der Waals surface area contributed by atoms with Gasteiger partial charge in [0.2, 0.25) is 0 Å². The number of aliphatic hydroxyl groups is 1. The SMILES string of the molecule is CCCOc1ccc(C2/C(=C(\O)c3ccccc3)C(=O)C(=O)N2c2nc(C)c(C(=O)OC)s2)cc1. The molecular weight excluding hydrogens is 468 g/mol. The van der Waals surface area contributed by atoms with Crippen LogP contribution in [-0.4, -0.2) is 41.5 Å². The highest BCUT2D eigenvalue weighted by Gasteiger charge is 2.48. The Morgan fingerprint density at radius 2 is 1.80 bits per heavy atom. The number of hydrogen-bond acceptors (Lipinski definition) is 8. The zero-order valence-corrected chi connectivity index (χ0v) is 20.3. The largest absolute Gasteiger partial charge is 0.507 e. The molecule has 1 aliphatic heterocycles. The summed E-state index contributed by atoms with van der Waals surface area (Å²) in [7, 11) is 1.26. The maximum absolute atomic E-state index is 13.3. The Labute approximate surface area is 206 Å². The van der Waals surface area contributed by atoms with Gasteiger partial charge in [-0.05, 0) is 31.0 Å². The lowest BCUT2D eigenvalue weighted by atomic mass is 9.95. The molecule has 1 unspecified atom stereocenters. The fraction of sp³-hybridized carbons (Fsp3) is 0.231. The summed E-state index contributed by atoms with van der Waals surface area (Å²) < 4.78 is 10.5. The van der Waals surface area contributed by atoms with Gasteiger partial charge in [0.15, 0.2) is 5.13 Å². The van der Waals surface area contributed by atoms with E-state index in [1.807, 2.05) is 6.92 Å². The van der Waals surface area contributed by atoms with Crippen molar-refractivity contribution in [3.63, 3.8) is 0 Å². The molecule has 1 aliphatic rings. The van der Waals surface area contributed by atoms with Crippen molar-refractivity contribution in [1.29, 1.82) is 0 Å². The van der Waals surface area contributed by atoms with Crippen molar-refractivity contribution in [2.75, 3.05) is 18.6 Å². The fourth-order valence-corrected chi connectivity index (χ4v) is 4.84. The topological polar surface area (TPSA) is 106 Å². The number of hydrogen-bond donors (Lipinski definition) is 1. The Morgan fingerprint density at radius 1 is 1.11 bits per heavy atom. The van der Waals surface area contributed by atoms with Gasteiger partial charge in [-0.3, -0.25) is 14.5 Å². The molecule has 1 saturated heterocycles. The van der Waals surface area contributed by atoms with E-state index >= 15 is 0 Å². The number of benzene rings is 2. The van der Waals surface area contributed by atoms with Gasteiger partial charge in [-0.25, -0.2) is 9.78 Å². The number of nitrogens with zero attached hydrogens (tertiary/aromatic N) is 2. The summed E-state index contributed by atoms with van der Waals surface area (Å²) in [6, 6.07) is 14.6. The van der Waals surface area contributed by atoms with Gasteiger partial charge < -0.3 is 14.6 Å². The maximum Gasteiger partial charge on any atom is 0.350 e. The standard InChI is InChI=1S/C26H24N2O6S/c1-4-14-34-18-12-10-16(11-13-18)20-19(21(29)17-8-6-5-7-9-17)22(30)24(31)28(20)26-27-15(2)23(35-26)25(32)33-3/h5-13,20,29H,4,14H2,1-3H3/b21-19+. The summed E-state index contributed by atoms with van der Waals surface area (Å²) in [6.07, 6.45) is 0.852. The molecule has 1 aromatic heterocycles. The summed E-state index contributed by atoms with van der Waals surface area (Å²) in [5.74, 6) is -1.90. The van der Waals surface area contributed by atoms with Crippen molar-refractivity contribution >= 4 is 39.9 Å². The molecule has 2 aromatic carbocycles. The Bertz CT molecular complexity index is 1300. The molecule has 0 bridgehead atoms. The number of anilines is 1. The molecule has 2 heterocycles. The first-order valence-electron chi connectivity index (χ1n) is 11.0. The van der Waals surface area contributed by atoms with Gasteiger partial charge >= 0.3 is 11.9 Å².